The molecule has 2 heterocycles. The first kappa shape index (κ1) is 17.6. The van der Waals surface area contributed by atoms with Crippen LogP contribution in [0.5, 0.6) is 0 Å². The smallest absolute Gasteiger partial charge is 0.178 e. The number of benzene rings is 3. The lowest BCUT2D eigenvalue weighted by molar-refractivity contribution is -0.481. The van der Waals surface area contributed by atoms with Gasteiger partial charge in [0, 0.05) is 28.1 Å². The molecule has 0 amide bonds. The van der Waals surface area contributed by atoms with E-state index in [0.717, 1.165) is 6.54 Å². The van der Waals surface area contributed by atoms with E-state index in [1.54, 1.807) is 0 Å². The molecule has 2 bridgehead atoms. The van der Waals surface area contributed by atoms with Crippen LogP contribution in [-0.2, 0) is 0 Å². The minimum atomic E-state index is 0.887. The summed E-state index contributed by atoms with van der Waals surface area (Å²) < 4.78 is 4.45. The van der Waals surface area contributed by atoms with Crippen LogP contribution in [0.3, 0.4) is 0 Å². The van der Waals surface area contributed by atoms with Gasteiger partial charge in [0.1, 0.15) is 14.1 Å². The number of hydrogen-bond acceptors (Lipinski definition) is 1. The van der Waals surface area contributed by atoms with Crippen molar-refractivity contribution in [2.75, 3.05) is 25.5 Å². The third-order valence-electron chi connectivity index (χ3n) is 5.72. The largest absolute Gasteiger partial charge is 0.310 e. The van der Waals surface area contributed by atoms with E-state index in [2.05, 4.69) is 120 Å². The highest BCUT2D eigenvalue weighted by molar-refractivity contribution is 5.97. The van der Waals surface area contributed by atoms with Gasteiger partial charge in [-0.15, -0.1) is 0 Å². The Balaban J connectivity index is 1.91. The van der Waals surface area contributed by atoms with Gasteiger partial charge in [0.2, 0.25) is 0 Å². The Labute approximate surface area is 172 Å². The maximum atomic E-state index is 2.41. The number of fused-ring (bicyclic) bond motifs is 2. The highest BCUT2D eigenvalue weighted by Gasteiger charge is 2.28. The van der Waals surface area contributed by atoms with Crippen molar-refractivity contribution in [2.45, 2.75) is 6.92 Å². The number of para-hydroxylation sites is 1. The average molecular weight is 380 g/mol. The molecule has 3 aromatic rings. The summed E-state index contributed by atoms with van der Waals surface area (Å²) in [7, 11) is 4.26. The molecule has 0 aliphatic carbocycles. The van der Waals surface area contributed by atoms with E-state index in [-0.39, 0.29) is 0 Å². The lowest BCUT2D eigenvalue weighted by Gasteiger charge is -2.31. The number of rotatable bonds is 1. The van der Waals surface area contributed by atoms with Gasteiger partial charge >= 0.3 is 0 Å². The van der Waals surface area contributed by atoms with Gasteiger partial charge in [-0.25, -0.2) is 9.15 Å². The molecule has 0 saturated carbocycles. The van der Waals surface area contributed by atoms with Crippen LogP contribution in [0.25, 0.3) is 5.57 Å². The standard InChI is InChI=1S/C26H25N3/c1-19-20-9-7-13-24(19)29(23-11-5-4-6-12-23)25-14-8-10-21-16-28(3)18-22(26(21)25)17-27(2)15-20/h4-17H,18H2,1-3H3/q+2. The molecule has 0 unspecified atom stereocenters. The average Bonchev–Trinajstić information content (AvgIpc) is 2.71. The lowest BCUT2D eigenvalue weighted by atomic mass is 9.93. The SMILES string of the molecule is Cc1c2cccc1N(c1ccccc1)c1cccc3c1C(=C[N+](C)=C2)C[N+](C)=C3. The van der Waals surface area contributed by atoms with Crippen LogP contribution in [-0.4, -0.2) is 42.2 Å². The summed E-state index contributed by atoms with van der Waals surface area (Å²) in [6.45, 7) is 3.10. The lowest BCUT2D eigenvalue weighted by Crippen LogP contribution is -2.23. The third kappa shape index (κ3) is 2.99. The molecule has 29 heavy (non-hydrogen) atoms. The number of hydrogen-bond donors (Lipinski definition) is 0. The Bertz CT molecular complexity index is 1200. The van der Waals surface area contributed by atoms with Crippen LogP contribution < -0.4 is 4.90 Å². The fourth-order valence-corrected chi connectivity index (χ4v) is 4.45. The predicted molar refractivity (Wildman–Crippen MR) is 121 cm³/mol. The van der Waals surface area contributed by atoms with Crippen molar-refractivity contribution >= 4 is 35.1 Å². The molecule has 0 radical (unpaired) electrons. The summed E-state index contributed by atoms with van der Waals surface area (Å²) in [5.41, 5.74) is 10.0. The normalized spacial score (nSPS) is 15.1. The summed E-state index contributed by atoms with van der Waals surface area (Å²) in [5, 5.41) is 0. The van der Waals surface area contributed by atoms with Crippen LogP contribution in [0.2, 0.25) is 0 Å². The van der Waals surface area contributed by atoms with E-state index < -0.39 is 0 Å². The summed E-state index contributed by atoms with van der Waals surface area (Å²) >= 11 is 0. The van der Waals surface area contributed by atoms with Gasteiger partial charge in [-0.1, -0.05) is 30.3 Å². The zero-order valence-corrected chi connectivity index (χ0v) is 17.1. The summed E-state index contributed by atoms with van der Waals surface area (Å²) in [6, 6.07) is 23.9. The van der Waals surface area contributed by atoms with Gasteiger partial charge in [-0.05, 0) is 48.9 Å². The molecule has 3 heteroatoms. The molecule has 142 valence electrons. The zero-order valence-electron chi connectivity index (χ0n) is 17.1. The highest BCUT2D eigenvalue weighted by Crippen LogP contribution is 2.42. The van der Waals surface area contributed by atoms with Crippen LogP contribution >= 0.6 is 0 Å². The van der Waals surface area contributed by atoms with Crippen molar-refractivity contribution in [1.82, 2.24) is 0 Å². The summed E-state index contributed by atoms with van der Waals surface area (Å²) in [6.07, 6.45) is 6.74. The molecule has 0 saturated heterocycles. The maximum absolute atomic E-state index is 2.41. The van der Waals surface area contributed by atoms with E-state index in [9.17, 15) is 0 Å². The second-order valence-electron chi connectivity index (χ2n) is 7.90. The fourth-order valence-electron chi connectivity index (χ4n) is 4.45. The van der Waals surface area contributed by atoms with E-state index in [1.165, 1.54) is 44.9 Å². The first-order valence-corrected chi connectivity index (χ1v) is 10.0. The molecular weight excluding hydrogens is 354 g/mol. The van der Waals surface area contributed by atoms with Crippen LogP contribution in [0.15, 0.2) is 72.9 Å². The highest BCUT2D eigenvalue weighted by atomic mass is 15.2. The monoisotopic (exact) mass is 379 g/mol. The quantitative estimate of drug-likeness (QED) is 0.543. The molecule has 3 nitrogen and oxygen atoms in total. The van der Waals surface area contributed by atoms with Crippen LogP contribution in [0.4, 0.5) is 17.1 Å². The van der Waals surface area contributed by atoms with Gasteiger partial charge in [0.05, 0.1) is 11.3 Å². The molecule has 2 aliphatic rings. The minimum absolute atomic E-state index is 0.887. The molecule has 2 aliphatic heterocycles. The minimum Gasteiger partial charge on any atom is -0.310 e. The molecule has 3 aromatic carbocycles. The maximum Gasteiger partial charge on any atom is 0.178 e. The topological polar surface area (TPSA) is 9.26 Å². The molecule has 0 spiro atoms. The van der Waals surface area contributed by atoms with Crippen molar-refractivity contribution < 1.29 is 9.15 Å². The van der Waals surface area contributed by atoms with Crippen molar-refractivity contribution in [3.8, 4) is 0 Å². The van der Waals surface area contributed by atoms with Gasteiger partial charge < -0.3 is 4.90 Å². The second-order valence-corrected chi connectivity index (χ2v) is 7.90. The van der Waals surface area contributed by atoms with Crippen molar-refractivity contribution in [2.24, 2.45) is 0 Å². The van der Waals surface area contributed by atoms with Gasteiger partial charge in [-0.2, -0.15) is 0 Å². The van der Waals surface area contributed by atoms with Gasteiger partial charge in [0.15, 0.2) is 25.2 Å². The van der Waals surface area contributed by atoms with Gasteiger partial charge in [-0.3, -0.25) is 0 Å². The Morgan fingerprint density at radius 1 is 0.759 bits per heavy atom. The van der Waals surface area contributed by atoms with Crippen molar-refractivity contribution in [3.63, 3.8) is 0 Å². The molecule has 5 rings (SSSR count). The van der Waals surface area contributed by atoms with Crippen molar-refractivity contribution in [3.05, 3.63) is 95.2 Å². The third-order valence-corrected chi connectivity index (χ3v) is 5.72. The second kappa shape index (κ2) is 6.85. The first-order chi connectivity index (χ1) is 14.1. The van der Waals surface area contributed by atoms with Gasteiger partial charge in [0.25, 0.3) is 0 Å². The summed E-state index contributed by atoms with van der Waals surface area (Å²) in [4.78, 5) is 2.41. The molecule has 0 aromatic heterocycles. The van der Waals surface area contributed by atoms with E-state index in [0.29, 0.717) is 0 Å². The number of nitrogens with zero attached hydrogens (tertiary/aromatic N) is 3. The number of likely N-dealkylation sites (N-methyl/N-ethyl adjacent to an activating group) is 1. The summed E-state index contributed by atoms with van der Waals surface area (Å²) in [5.74, 6) is 0. The van der Waals surface area contributed by atoms with E-state index in [1.807, 2.05) is 0 Å². The Kier molecular flexibility index (Phi) is 4.17. The Hall–Kier alpha value is -3.46. The Morgan fingerprint density at radius 2 is 1.48 bits per heavy atom. The molecule has 0 fully saturated rings. The molecular formula is C26H25N3+2. The van der Waals surface area contributed by atoms with Crippen LogP contribution in [0, 0.1) is 6.92 Å². The fraction of sp³-hybridized carbons (Fsp3) is 0.154. The first-order valence-electron chi connectivity index (χ1n) is 10.0. The van der Waals surface area contributed by atoms with E-state index in [4.69, 9.17) is 0 Å². The number of anilines is 3. The van der Waals surface area contributed by atoms with E-state index >= 15 is 0 Å². The van der Waals surface area contributed by atoms with Crippen molar-refractivity contribution in [1.29, 1.82) is 0 Å². The predicted octanol–water partition coefficient (Wildman–Crippen LogP) is 4.96. The molecule has 0 atom stereocenters. The molecule has 0 N–H and O–H groups in total. The zero-order chi connectivity index (χ0) is 20.0. The Morgan fingerprint density at radius 3 is 2.28 bits per heavy atom. The van der Waals surface area contributed by atoms with Crippen LogP contribution in [0.1, 0.15) is 22.3 Å².